The van der Waals surface area contributed by atoms with E-state index in [2.05, 4.69) is 0 Å². The molecule has 0 radical (unpaired) electrons. The molecule has 1 aromatic rings. The van der Waals surface area contributed by atoms with Crippen LogP contribution in [-0.2, 0) is 9.53 Å². The summed E-state index contributed by atoms with van der Waals surface area (Å²) in [6, 6.07) is 1.58. The van der Waals surface area contributed by atoms with Crippen molar-refractivity contribution in [1.82, 2.24) is 0 Å². The molecule has 1 aliphatic heterocycles. The molecular weight excluding hydrogens is 268 g/mol. The number of carbonyl (C=O) groups excluding carboxylic acids is 2. The number of anilines is 1. The molecule has 1 heterocycles. The summed E-state index contributed by atoms with van der Waals surface area (Å²) in [5.74, 6) is -3.65. The molecule has 0 unspecified atom stereocenters. The molecule has 0 N–H and O–H groups in total. The Balaban J connectivity index is 2.25. The van der Waals surface area contributed by atoms with E-state index in [1.165, 1.54) is 0 Å². The molecule has 1 aromatic carbocycles. The topological polar surface area (TPSA) is 46.6 Å². The number of amides is 1. The summed E-state index contributed by atoms with van der Waals surface area (Å²) in [7, 11) is 0. The minimum absolute atomic E-state index is 0.0324. The Morgan fingerprint density at radius 3 is 2.45 bits per heavy atom. The van der Waals surface area contributed by atoms with Crippen molar-refractivity contribution in [2.75, 3.05) is 18.1 Å². The summed E-state index contributed by atoms with van der Waals surface area (Å²) < 4.78 is 32.3. The number of nitrogens with zero attached hydrogens (tertiary/aromatic N) is 1. The van der Waals surface area contributed by atoms with Crippen molar-refractivity contribution < 1.29 is 23.1 Å². The van der Waals surface area contributed by atoms with Crippen LogP contribution in [0.15, 0.2) is 12.1 Å². The summed E-state index contributed by atoms with van der Waals surface area (Å²) in [5.41, 5.74) is -0.801. The van der Waals surface area contributed by atoms with Gasteiger partial charge in [-0.2, -0.15) is 0 Å². The number of carbonyl (C=O) groups is 2. The third kappa shape index (κ3) is 2.70. The van der Waals surface area contributed by atoms with Gasteiger partial charge in [-0.1, -0.05) is 0 Å². The van der Waals surface area contributed by atoms with Crippen LogP contribution in [0.3, 0.4) is 0 Å². The first-order valence-electron chi connectivity index (χ1n) is 6.20. The third-order valence-corrected chi connectivity index (χ3v) is 2.84. The van der Waals surface area contributed by atoms with Crippen LogP contribution < -0.4 is 4.90 Å². The number of hydrogen-bond acceptors (Lipinski definition) is 3. The van der Waals surface area contributed by atoms with E-state index in [0.717, 1.165) is 11.0 Å². The standard InChI is InChI=1S/C14H15F2NO3/c1-14(2,3)20-5-4-17-10-7-8(15)6-9(16)11(10)12(18)13(17)19/h6-7H,4-5H2,1-3H3. The summed E-state index contributed by atoms with van der Waals surface area (Å²) in [5, 5.41) is 0. The van der Waals surface area contributed by atoms with Crippen molar-refractivity contribution in [3.05, 3.63) is 29.3 Å². The van der Waals surface area contributed by atoms with E-state index in [1.54, 1.807) is 0 Å². The van der Waals surface area contributed by atoms with Gasteiger partial charge in [0, 0.05) is 12.6 Å². The molecule has 4 nitrogen and oxygen atoms in total. The lowest BCUT2D eigenvalue weighted by Crippen LogP contribution is -2.34. The van der Waals surface area contributed by atoms with Gasteiger partial charge in [0.1, 0.15) is 11.6 Å². The van der Waals surface area contributed by atoms with E-state index >= 15 is 0 Å². The number of rotatable bonds is 3. The van der Waals surface area contributed by atoms with Crippen molar-refractivity contribution in [3.63, 3.8) is 0 Å². The summed E-state index contributed by atoms with van der Waals surface area (Å²) >= 11 is 0. The Labute approximate surface area is 115 Å². The quantitative estimate of drug-likeness (QED) is 0.800. The van der Waals surface area contributed by atoms with E-state index in [0.29, 0.717) is 6.07 Å². The van der Waals surface area contributed by atoms with Crippen LogP contribution in [0, 0.1) is 11.6 Å². The lowest BCUT2D eigenvalue weighted by atomic mass is 10.1. The second-order valence-electron chi connectivity index (χ2n) is 5.53. The third-order valence-electron chi connectivity index (χ3n) is 2.84. The molecule has 0 aliphatic carbocycles. The number of ether oxygens (including phenoxy) is 1. The zero-order valence-electron chi connectivity index (χ0n) is 11.5. The fraction of sp³-hybridized carbons (Fsp3) is 0.429. The minimum Gasteiger partial charge on any atom is -0.374 e. The zero-order chi connectivity index (χ0) is 15.1. The van der Waals surface area contributed by atoms with Gasteiger partial charge < -0.3 is 9.64 Å². The van der Waals surface area contributed by atoms with Gasteiger partial charge in [0.2, 0.25) is 0 Å². The number of hydrogen-bond donors (Lipinski definition) is 0. The van der Waals surface area contributed by atoms with Crippen LogP contribution in [0.25, 0.3) is 0 Å². The lowest BCUT2D eigenvalue weighted by Gasteiger charge is -2.22. The van der Waals surface area contributed by atoms with Crippen molar-refractivity contribution in [3.8, 4) is 0 Å². The van der Waals surface area contributed by atoms with Gasteiger partial charge in [-0.25, -0.2) is 8.78 Å². The summed E-state index contributed by atoms with van der Waals surface area (Å²) in [4.78, 5) is 24.6. The van der Waals surface area contributed by atoms with Gasteiger partial charge in [-0.15, -0.1) is 0 Å². The molecule has 0 atom stereocenters. The molecule has 1 amide bonds. The van der Waals surface area contributed by atoms with Crippen LogP contribution >= 0.6 is 0 Å². The Hall–Kier alpha value is -1.82. The monoisotopic (exact) mass is 283 g/mol. The Kier molecular flexibility index (Phi) is 3.60. The largest absolute Gasteiger partial charge is 0.374 e. The normalized spacial score (nSPS) is 14.9. The van der Waals surface area contributed by atoms with E-state index in [4.69, 9.17) is 4.74 Å². The first-order chi connectivity index (χ1) is 9.20. The van der Waals surface area contributed by atoms with Gasteiger partial charge in [0.25, 0.3) is 11.7 Å². The molecule has 1 aliphatic rings. The number of Topliss-reactive ketones (excluding diaryl/α,β-unsaturated/α-hetero) is 1. The van der Waals surface area contributed by atoms with Crippen molar-refractivity contribution in [2.24, 2.45) is 0 Å². The maximum absolute atomic E-state index is 13.6. The van der Waals surface area contributed by atoms with Gasteiger partial charge >= 0.3 is 0 Å². The SMILES string of the molecule is CC(C)(C)OCCN1C(=O)C(=O)c2c(F)cc(F)cc21. The lowest BCUT2D eigenvalue weighted by molar-refractivity contribution is -0.114. The van der Waals surface area contributed by atoms with Crippen LogP contribution in [-0.4, -0.2) is 30.4 Å². The van der Waals surface area contributed by atoms with E-state index in [9.17, 15) is 18.4 Å². The highest BCUT2D eigenvalue weighted by Gasteiger charge is 2.38. The molecule has 108 valence electrons. The van der Waals surface area contributed by atoms with Crippen molar-refractivity contribution in [1.29, 1.82) is 0 Å². The summed E-state index contributed by atoms with van der Waals surface area (Å²) in [6.45, 7) is 5.77. The van der Waals surface area contributed by atoms with Crippen molar-refractivity contribution >= 4 is 17.4 Å². The smallest absolute Gasteiger partial charge is 0.299 e. The van der Waals surface area contributed by atoms with Crippen LogP contribution in [0.5, 0.6) is 0 Å². The zero-order valence-corrected chi connectivity index (χ0v) is 11.5. The van der Waals surface area contributed by atoms with Crippen LogP contribution in [0.1, 0.15) is 31.1 Å². The molecule has 6 heteroatoms. The Bertz CT molecular complexity index is 579. The van der Waals surface area contributed by atoms with Gasteiger partial charge in [-0.05, 0) is 26.8 Å². The molecule has 0 aromatic heterocycles. The predicted molar refractivity (Wildman–Crippen MR) is 68.7 cm³/mol. The molecular formula is C14H15F2NO3. The average molecular weight is 283 g/mol. The number of halogens is 2. The molecule has 20 heavy (non-hydrogen) atoms. The number of fused-ring (bicyclic) bond motifs is 1. The maximum Gasteiger partial charge on any atom is 0.299 e. The predicted octanol–water partition coefficient (Wildman–Crippen LogP) is 2.31. The molecule has 0 bridgehead atoms. The average Bonchev–Trinajstić information content (AvgIpc) is 2.52. The van der Waals surface area contributed by atoms with Gasteiger partial charge in [0.15, 0.2) is 0 Å². The highest BCUT2D eigenvalue weighted by molar-refractivity contribution is 6.52. The highest BCUT2D eigenvalue weighted by atomic mass is 19.1. The summed E-state index contributed by atoms with van der Waals surface area (Å²) in [6.07, 6.45) is 0. The second kappa shape index (κ2) is 4.94. The number of ketones is 1. The fourth-order valence-corrected chi connectivity index (χ4v) is 2.00. The molecule has 0 fully saturated rings. The Morgan fingerprint density at radius 1 is 1.20 bits per heavy atom. The molecule has 0 saturated heterocycles. The molecule has 0 spiro atoms. The first-order valence-corrected chi connectivity index (χ1v) is 6.20. The highest BCUT2D eigenvalue weighted by Crippen LogP contribution is 2.31. The number of benzene rings is 1. The maximum atomic E-state index is 13.6. The minimum atomic E-state index is -1.02. The Morgan fingerprint density at radius 2 is 1.85 bits per heavy atom. The van der Waals surface area contributed by atoms with E-state index in [1.807, 2.05) is 20.8 Å². The van der Waals surface area contributed by atoms with Gasteiger partial charge in [0.05, 0.1) is 23.5 Å². The van der Waals surface area contributed by atoms with E-state index < -0.39 is 28.9 Å². The van der Waals surface area contributed by atoms with Crippen LogP contribution in [0.2, 0.25) is 0 Å². The second-order valence-corrected chi connectivity index (χ2v) is 5.53. The van der Waals surface area contributed by atoms with Crippen molar-refractivity contribution in [2.45, 2.75) is 26.4 Å². The first kappa shape index (κ1) is 14.6. The fourth-order valence-electron chi connectivity index (χ4n) is 2.00. The molecule has 2 rings (SSSR count). The van der Waals surface area contributed by atoms with Crippen LogP contribution in [0.4, 0.5) is 14.5 Å². The van der Waals surface area contributed by atoms with Gasteiger partial charge in [-0.3, -0.25) is 9.59 Å². The molecule has 0 saturated carbocycles. The van der Waals surface area contributed by atoms with E-state index in [-0.39, 0.29) is 24.4 Å².